The molecule has 1 saturated heterocycles. The highest BCUT2D eigenvalue weighted by atomic mass is 79.9. The van der Waals surface area contributed by atoms with Crippen molar-refractivity contribution in [2.24, 2.45) is 16.9 Å². The first-order valence-electron chi connectivity index (χ1n) is 10.8. The molecule has 4 atom stereocenters. The number of nitrogens with zero attached hydrogens (tertiary/aromatic N) is 1. The Kier molecular flexibility index (Phi) is 7.96. The van der Waals surface area contributed by atoms with Gasteiger partial charge in [-0.1, -0.05) is 88.2 Å². The van der Waals surface area contributed by atoms with E-state index in [2.05, 4.69) is 80.7 Å². The van der Waals surface area contributed by atoms with Crippen LogP contribution in [0.15, 0.2) is 92.9 Å². The van der Waals surface area contributed by atoms with Crippen molar-refractivity contribution in [2.75, 3.05) is 5.32 Å². The van der Waals surface area contributed by atoms with Gasteiger partial charge in [-0.3, -0.25) is 5.43 Å². The number of halogens is 2. The lowest BCUT2D eigenvalue weighted by Gasteiger charge is -2.40. The summed E-state index contributed by atoms with van der Waals surface area (Å²) in [6, 6.07) is 26.4. The molecule has 0 bridgehead atoms. The molecule has 1 heterocycles. The quantitative estimate of drug-likeness (QED) is 0.243. The minimum absolute atomic E-state index is 0.0694. The molecule has 1 fully saturated rings. The molecule has 1 aliphatic heterocycles. The molecule has 7 heteroatoms. The first-order chi connectivity index (χ1) is 15.9. The van der Waals surface area contributed by atoms with E-state index >= 15 is 0 Å². The summed E-state index contributed by atoms with van der Waals surface area (Å²) in [7, 11) is 0. The standard InChI is InChI=1S/C26H25Br2N3OS/c1-16-23(30-31-26(33)29-22-6-4-3-5-7-22)17(2)25(19-10-14-21(28)15-11-19)32-24(16)18-8-12-20(27)13-9-18/h3-17,24-25H,1-2H3,(H2,29,31,33)/t16-,17-,24-,25+/m1/s1. The van der Waals surface area contributed by atoms with Gasteiger partial charge in [-0.25, -0.2) is 0 Å². The topological polar surface area (TPSA) is 45.7 Å². The van der Waals surface area contributed by atoms with Crippen LogP contribution in [0.2, 0.25) is 0 Å². The van der Waals surface area contributed by atoms with E-state index in [4.69, 9.17) is 22.1 Å². The molecule has 3 aromatic carbocycles. The molecule has 2 N–H and O–H groups in total. The average Bonchev–Trinajstić information content (AvgIpc) is 2.81. The van der Waals surface area contributed by atoms with Crippen LogP contribution in [0.25, 0.3) is 0 Å². The molecular weight excluding hydrogens is 562 g/mol. The summed E-state index contributed by atoms with van der Waals surface area (Å²) in [4.78, 5) is 0. The van der Waals surface area contributed by atoms with Gasteiger partial charge in [-0.15, -0.1) is 0 Å². The Hall–Kier alpha value is -2.06. The van der Waals surface area contributed by atoms with Crippen LogP contribution in [-0.2, 0) is 4.74 Å². The van der Waals surface area contributed by atoms with Gasteiger partial charge < -0.3 is 10.1 Å². The highest BCUT2D eigenvalue weighted by Gasteiger charge is 2.40. The molecule has 0 aliphatic carbocycles. The zero-order valence-electron chi connectivity index (χ0n) is 18.3. The molecule has 0 amide bonds. The van der Waals surface area contributed by atoms with E-state index in [9.17, 15) is 0 Å². The van der Waals surface area contributed by atoms with Crippen LogP contribution in [0, 0.1) is 11.8 Å². The van der Waals surface area contributed by atoms with Gasteiger partial charge in [-0.2, -0.15) is 5.10 Å². The Bertz CT molecular complexity index is 1060. The molecule has 0 aromatic heterocycles. The van der Waals surface area contributed by atoms with Crippen molar-refractivity contribution in [1.29, 1.82) is 0 Å². The van der Waals surface area contributed by atoms with Gasteiger partial charge in [0.15, 0.2) is 5.11 Å². The summed E-state index contributed by atoms with van der Waals surface area (Å²) in [5.74, 6) is 0.139. The van der Waals surface area contributed by atoms with Crippen LogP contribution in [0.5, 0.6) is 0 Å². The van der Waals surface area contributed by atoms with E-state index in [0.29, 0.717) is 5.11 Å². The van der Waals surface area contributed by atoms with Gasteiger partial charge in [0.25, 0.3) is 0 Å². The van der Waals surface area contributed by atoms with E-state index < -0.39 is 0 Å². The van der Waals surface area contributed by atoms with Crippen LogP contribution < -0.4 is 10.7 Å². The monoisotopic (exact) mass is 585 g/mol. The van der Waals surface area contributed by atoms with Crippen LogP contribution in [0.1, 0.15) is 37.2 Å². The number of hydrogen-bond acceptors (Lipinski definition) is 3. The normalized spacial score (nSPS) is 23.8. The number of rotatable bonds is 4. The summed E-state index contributed by atoms with van der Waals surface area (Å²) in [6.07, 6.45) is -0.252. The van der Waals surface area contributed by atoms with Crippen LogP contribution in [0.3, 0.4) is 0 Å². The molecule has 0 spiro atoms. The Labute approximate surface area is 217 Å². The number of para-hydroxylation sites is 1. The predicted octanol–water partition coefficient (Wildman–Crippen LogP) is 7.64. The van der Waals surface area contributed by atoms with Crippen molar-refractivity contribution in [3.05, 3.63) is 98.9 Å². The maximum absolute atomic E-state index is 6.71. The van der Waals surface area contributed by atoms with E-state index in [1.807, 2.05) is 54.6 Å². The molecule has 170 valence electrons. The lowest BCUT2D eigenvalue weighted by atomic mass is 9.79. The van der Waals surface area contributed by atoms with Gasteiger partial charge in [0.1, 0.15) is 0 Å². The fourth-order valence-electron chi connectivity index (χ4n) is 4.16. The van der Waals surface area contributed by atoms with E-state index in [1.165, 1.54) is 0 Å². The molecule has 33 heavy (non-hydrogen) atoms. The van der Waals surface area contributed by atoms with Crippen LogP contribution >= 0.6 is 44.1 Å². The molecule has 1 aliphatic rings. The Morgan fingerprint density at radius 3 is 1.76 bits per heavy atom. The molecular formula is C26H25Br2N3OS. The van der Waals surface area contributed by atoms with Gasteiger partial charge in [0.2, 0.25) is 0 Å². The highest BCUT2D eigenvalue weighted by molar-refractivity contribution is 9.10. The number of thiocarbonyl (C=S) groups is 1. The van der Waals surface area contributed by atoms with Crippen molar-refractivity contribution in [2.45, 2.75) is 26.1 Å². The molecule has 0 unspecified atom stereocenters. The third-order valence-electron chi connectivity index (χ3n) is 5.85. The fraction of sp³-hybridized carbons (Fsp3) is 0.231. The second-order valence-electron chi connectivity index (χ2n) is 8.13. The largest absolute Gasteiger partial charge is 0.364 e. The molecule has 0 radical (unpaired) electrons. The van der Waals surface area contributed by atoms with Gasteiger partial charge in [0.05, 0.1) is 12.2 Å². The molecule has 0 saturated carbocycles. The summed E-state index contributed by atoms with van der Waals surface area (Å²) < 4.78 is 8.79. The van der Waals surface area contributed by atoms with Crippen molar-refractivity contribution in [3.63, 3.8) is 0 Å². The minimum Gasteiger partial charge on any atom is -0.364 e. The van der Waals surface area contributed by atoms with Crippen molar-refractivity contribution in [3.8, 4) is 0 Å². The third kappa shape index (κ3) is 5.90. The lowest BCUT2D eigenvalue weighted by molar-refractivity contribution is -0.0638. The Morgan fingerprint density at radius 1 is 0.788 bits per heavy atom. The molecule has 4 rings (SSSR count). The summed E-state index contributed by atoms with van der Waals surface area (Å²) in [6.45, 7) is 4.32. The second kappa shape index (κ2) is 10.9. The van der Waals surface area contributed by atoms with E-state index in [-0.39, 0.29) is 24.0 Å². The summed E-state index contributed by atoms with van der Waals surface area (Å²) in [5, 5.41) is 8.43. The zero-order chi connectivity index (χ0) is 23.4. The third-order valence-corrected chi connectivity index (χ3v) is 7.10. The number of hydrogen-bond donors (Lipinski definition) is 2. The van der Waals surface area contributed by atoms with Crippen molar-refractivity contribution in [1.82, 2.24) is 5.43 Å². The fourth-order valence-corrected chi connectivity index (χ4v) is 4.85. The van der Waals surface area contributed by atoms with Crippen LogP contribution in [-0.4, -0.2) is 10.8 Å². The first-order valence-corrected chi connectivity index (χ1v) is 12.8. The zero-order valence-corrected chi connectivity index (χ0v) is 22.3. The number of benzene rings is 3. The average molecular weight is 587 g/mol. The smallest absolute Gasteiger partial charge is 0.191 e. The molecule has 4 nitrogen and oxygen atoms in total. The number of ether oxygens (including phenoxy) is 1. The second-order valence-corrected chi connectivity index (χ2v) is 10.4. The molecule has 3 aromatic rings. The van der Waals surface area contributed by atoms with Crippen LogP contribution in [0.4, 0.5) is 5.69 Å². The highest BCUT2D eigenvalue weighted by Crippen LogP contribution is 2.44. The number of hydrazone groups is 1. The van der Waals surface area contributed by atoms with Gasteiger partial charge in [-0.05, 0) is 59.7 Å². The van der Waals surface area contributed by atoms with Crippen molar-refractivity contribution >= 4 is 60.6 Å². The minimum atomic E-state index is -0.126. The van der Waals surface area contributed by atoms with Crippen molar-refractivity contribution < 1.29 is 4.74 Å². The van der Waals surface area contributed by atoms with Gasteiger partial charge in [0, 0.05) is 32.2 Å². The van der Waals surface area contributed by atoms with E-state index in [0.717, 1.165) is 31.5 Å². The van der Waals surface area contributed by atoms with E-state index in [1.54, 1.807) is 0 Å². The number of anilines is 1. The SMILES string of the molecule is C[C@@H]1C(=NNC(=S)Nc2ccccc2)[C@@H](C)[C@H](c2ccc(Br)cc2)O[C@@H]1c1ccc(Br)cc1. The number of nitrogens with one attached hydrogen (secondary N) is 2. The summed E-state index contributed by atoms with van der Waals surface area (Å²) >= 11 is 12.5. The summed E-state index contributed by atoms with van der Waals surface area (Å²) in [5.41, 5.74) is 7.25. The Morgan fingerprint density at radius 2 is 1.27 bits per heavy atom. The first kappa shape index (κ1) is 24.1. The lowest BCUT2D eigenvalue weighted by Crippen LogP contribution is -2.40. The predicted molar refractivity (Wildman–Crippen MR) is 146 cm³/mol. The van der Waals surface area contributed by atoms with Gasteiger partial charge >= 0.3 is 0 Å². The maximum Gasteiger partial charge on any atom is 0.191 e. The maximum atomic E-state index is 6.71. The Balaban J connectivity index is 1.62.